The zero-order chi connectivity index (χ0) is 23.7. The predicted molar refractivity (Wildman–Crippen MR) is 131 cm³/mol. The molecule has 0 bridgehead atoms. The fraction of sp³-hybridized carbons (Fsp3) is 0.240. The number of piperazine rings is 1. The molecule has 1 unspecified atom stereocenters. The van der Waals surface area contributed by atoms with Crippen molar-refractivity contribution in [2.24, 2.45) is 0 Å². The molecule has 6 nitrogen and oxygen atoms in total. The first-order chi connectivity index (χ1) is 16.5. The molecule has 34 heavy (non-hydrogen) atoms. The number of hydrogen-bond donors (Lipinski definition) is 2. The number of rotatable bonds is 5. The van der Waals surface area contributed by atoms with Gasteiger partial charge in [0.05, 0.1) is 22.3 Å². The van der Waals surface area contributed by atoms with Gasteiger partial charge in [0, 0.05) is 72.9 Å². The molecule has 0 aliphatic carbocycles. The lowest BCUT2D eigenvalue weighted by Crippen LogP contribution is -2.44. The Morgan fingerprint density at radius 1 is 1.00 bits per heavy atom. The number of aromatic nitrogens is 3. The van der Waals surface area contributed by atoms with Gasteiger partial charge in [0.2, 0.25) is 5.95 Å². The zero-order valence-corrected chi connectivity index (χ0v) is 19.3. The number of hydrogen-bond acceptors (Lipinski definition) is 6. The second-order valence-corrected chi connectivity index (χ2v) is 8.63. The van der Waals surface area contributed by atoms with E-state index in [2.05, 4.69) is 30.5 Å². The SMILES string of the molecule is CC(Nc1c(Cl)cnc2cc(F)c(-c3cnc(N4CCNCC4)nc3)cc12)c1ccccc1F. The summed E-state index contributed by atoms with van der Waals surface area (Å²) in [4.78, 5) is 15.3. The standard InChI is InChI=1S/C25H23ClF2N6/c1-15(17-4-2-3-5-21(17)27)33-24-19-10-18(22(28)11-23(19)30-14-20(24)26)16-12-31-25(32-13-16)34-8-6-29-7-9-34/h2-5,10-15,29H,6-9H2,1H3,(H,30,33). The van der Waals surface area contributed by atoms with Crippen molar-refractivity contribution in [3.8, 4) is 11.1 Å². The summed E-state index contributed by atoms with van der Waals surface area (Å²) in [5, 5.41) is 7.56. The van der Waals surface area contributed by atoms with Gasteiger partial charge in [-0.2, -0.15) is 0 Å². The average Bonchev–Trinajstić information content (AvgIpc) is 2.86. The van der Waals surface area contributed by atoms with E-state index < -0.39 is 5.82 Å². The van der Waals surface area contributed by atoms with E-state index in [1.807, 2.05) is 6.92 Å². The molecule has 0 radical (unpaired) electrons. The Morgan fingerprint density at radius 2 is 1.74 bits per heavy atom. The number of fused-ring (bicyclic) bond motifs is 1. The van der Waals surface area contributed by atoms with Gasteiger partial charge in [-0.25, -0.2) is 18.7 Å². The maximum Gasteiger partial charge on any atom is 0.225 e. The highest BCUT2D eigenvalue weighted by molar-refractivity contribution is 6.34. The number of nitrogens with one attached hydrogen (secondary N) is 2. The van der Waals surface area contributed by atoms with Gasteiger partial charge in [0.25, 0.3) is 0 Å². The molecule has 0 amide bonds. The Morgan fingerprint density at radius 3 is 2.47 bits per heavy atom. The lowest BCUT2D eigenvalue weighted by atomic mass is 10.0. The molecule has 3 heterocycles. The molecule has 0 saturated carbocycles. The van der Waals surface area contributed by atoms with Gasteiger partial charge in [-0.15, -0.1) is 0 Å². The molecule has 4 aromatic rings. The summed E-state index contributed by atoms with van der Waals surface area (Å²) in [6.45, 7) is 5.23. The Bertz CT molecular complexity index is 1330. The van der Waals surface area contributed by atoms with Gasteiger partial charge in [-0.05, 0) is 19.1 Å². The third-order valence-corrected chi connectivity index (χ3v) is 6.28. The van der Waals surface area contributed by atoms with Crippen LogP contribution in [0.5, 0.6) is 0 Å². The van der Waals surface area contributed by atoms with E-state index >= 15 is 4.39 Å². The molecule has 9 heteroatoms. The molecule has 2 aromatic heterocycles. The second-order valence-electron chi connectivity index (χ2n) is 8.23. The van der Waals surface area contributed by atoms with E-state index in [9.17, 15) is 4.39 Å². The predicted octanol–water partition coefficient (Wildman–Crippen LogP) is 5.21. The van der Waals surface area contributed by atoms with Gasteiger partial charge < -0.3 is 15.5 Å². The van der Waals surface area contributed by atoms with Crippen LogP contribution in [0.25, 0.3) is 22.0 Å². The Kier molecular flexibility index (Phi) is 6.26. The number of anilines is 2. The van der Waals surface area contributed by atoms with Crippen LogP contribution in [-0.4, -0.2) is 41.1 Å². The van der Waals surface area contributed by atoms with E-state index in [0.717, 1.165) is 26.2 Å². The van der Waals surface area contributed by atoms with Crippen molar-refractivity contribution in [1.29, 1.82) is 0 Å². The van der Waals surface area contributed by atoms with Crippen LogP contribution in [-0.2, 0) is 0 Å². The highest BCUT2D eigenvalue weighted by Crippen LogP contribution is 2.36. The molecule has 2 N–H and O–H groups in total. The van der Waals surface area contributed by atoms with Gasteiger partial charge in [0.15, 0.2) is 0 Å². The lowest BCUT2D eigenvalue weighted by Gasteiger charge is -2.27. The lowest BCUT2D eigenvalue weighted by molar-refractivity contribution is 0.580. The molecule has 1 atom stereocenters. The smallest absolute Gasteiger partial charge is 0.225 e. The minimum Gasteiger partial charge on any atom is -0.377 e. The van der Waals surface area contributed by atoms with Crippen molar-refractivity contribution in [2.45, 2.75) is 13.0 Å². The highest BCUT2D eigenvalue weighted by atomic mass is 35.5. The number of halogens is 3. The molecule has 1 aliphatic heterocycles. The summed E-state index contributed by atoms with van der Waals surface area (Å²) < 4.78 is 29.4. The highest BCUT2D eigenvalue weighted by Gasteiger charge is 2.18. The maximum absolute atomic E-state index is 15.1. The number of pyridine rings is 1. The van der Waals surface area contributed by atoms with Crippen LogP contribution in [0.3, 0.4) is 0 Å². The van der Waals surface area contributed by atoms with Crippen LogP contribution in [0.2, 0.25) is 5.02 Å². The van der Waals surface area contributed by atoms with E-state index in [1.165, 1.54) is 18.3 Å². The topological polar surface area (TPSA) is 66.0 Å². The van der Waals surface area contributed by atoms with Crippen LogP contribution in [0.4, 0.5) is 20.4 Å². The minimum atomic E-state index is -0.436. The van der Waals surface area contributed by atoms with Crippen LogP contribution < -0.4 is 15.5 Å². The summed E-state index contributed by atoms with van der Waals surface area (Å²) in [6.07, 6.45) is 4.72. The monoisotopic (exact) mass is 480 g/mol. The van der Waals surface area contributed by atoms with Crippen molar-refractivity contribution in [3.63, 3.8) is 0 Å². The minimum absolute atomic E-state index is 0.314. The Labute approximate surface area is 201 Å². The molecule has 1 saturated heterocycles. The summed E-state index contributed by atoms with van der Waals surface area (Å²) >= 11 is 6.47. The fourth-order valence-corrected chi connectivity index (χ4v) is 4.37. The largest absolute Gasteiger partial charge is 0.377 e. The molecular formula is C25H23ClF2N6. The van der Waals surface area contributed by atoms with Crippen LogP contribution in [0.15, 0.2) is 55.0 Å². The summed E-state index contributed by atoms with van der Waals surface area (Å²) in [5.41, 5.74) is 2.38. The summed E-state index contributed by atoms with van der Waals surface area (Å²) in [7, 11) is 0. The molecular weight excluding hydrogens is 458 g/mol. The van der Waals surface area contributed by atoms with Gasteiger partial charge in [0.1, 0.15) is 11.6 Å². The van der Waals surface area contributed by atoms with Crippen molar-refractivity contribution in [1.82, 2.24) is 20.3 Å². The van der Waals surface area contributed by atoms with Crippen molar-refractivity contribution in [2.75, 3.05) is 36.4 Å². The normalized spacial score (nSPS) is 14.9. The summed E-state index contributed by atoms with van der Waals surface area (Å²) in [5.74, 6) is -0.128. The van der Waals surface area contributed by atoms with Crippen molar-refractivity contribution in [3.05, 3.63) is 77.2 Å². The molecule has 0 spiro atoms. The van der Waals surface area contributed by atoms with Crippen molar-refractivity contribution >= 4 is 34.1 Å². The maximum atomic E-state index is 15.1. The van der Waals surface area contributed by atoms with E-state index in [-0.39, 0.29) is 11.9 Å². The zero-order valence-electron chi connectivity index (χ0n) is 18.5. The van der Waals surface area contributed by atoms with Gasteiger partial charge in [-0.1, -0.05) is 29.8 Å². The molecule has 2 aromatic carbocycles. The Hall–Kier alpha value is -3.36. The molecule has 174 valence electrons. The second kappa shape index (κ2) is 9.48. The summed E-state index contributed by atoms with van der Waals surface area (Å²) in [6, 6.07) is 9.22. The van der Waals surface area contributed by atoms with Gasteiger partial charge >= 0.3 is 0 Å². The van der Waals surface area contributed by atoms with Crippen LogP contribution >= 0.6 is 11.6 Å². The fourth-order valence-electron chi connectivity index (χ4n) is 4.17. The van der Waals surface area contributed by atoms with Crippen LogP contribution in [0.1, 0.15) is 18.5 Å². The molecule has 1 fully saturated rings. The first kappa shape index (κ1) is 22.4. The number of benzene rings is 2. The Balaban J connectivity index is 1.52. The van der Waals surface area contributed by atoms with Gasteiger partial charge in [-0.3, -0.25) is 4.98 Å². The quantitative estimate of drug-likeness (QED) is 0.409. The third kappa shape index (κ3) is 4.38. The third-order valence-electron chi connectivity index (χ3n) is 5.99. The first-order valence-electron chi connectivity index (χ1n) is 11.1. The van der Waals surface area contributed by atoms with E-state index in [0.29, 0.717) is 44.3 Å². The number of nitrogens with zero attached hydrogens (tertiary/aromatic N) is 4. The molecule has 1 aliphatic rings. The first-order valence-corrected chi connectivity index (χ1v) is 11.5. The van der Waals surface area contributed by atoms with Crippen molar-refractivity contribution < 1.29 is 8.78 Å². The van der Waals surface area contributed by atoms with E-state index in [4.69, 9.17) is 11.6 Å². The molecule has 5 rings (SSSR count). The van der Waals surface area contributed by atoms with Crippen LogP contribution in [0, 0.1) is 11.6 Å². The average molecular weight is 481 g/mol. The van der Waals surface area contributed by atoms with E-state index in [1.54, 1.807) is 36.7 Å².